The summed E-state index contributed by atoms with van der Waals surface area (Å²) in [6.07, 6.45) is 1.51. The standard InChI is InChI=1S/C21H29FN2O4/c1-20(2,3)28-19(26)24-12-10-23(11-13-24)18(25)17(21(27)8-5-9-21)15-6-4-7-16(22)14-15/h4,6-7,14,17,27H,5,8-13H2,1-3H3. The van der Waals surface area contributed by atoms with Gasteiger partial charge in [-0.3, -0.25) is 4.79 Å². The SMILES string of the molecule is CC(C)(C)OC(=O)N1CCN(C(=O)C(c2cccc(F)c2)C2(O)CCC2)CC1. The van der Waals surface area contributed by atoms with E-state index in [0.717, 1.165) is 6.42 Å². The number of carbonyl (C=O) groups is 2. The van der Waals surface area contributed by atoms with Gasteiger partial charge in [-0.2, -0.15) is 0 Å². The zero-order chi connectivity index (χ0) is 20.5. The highest BCUT2D eigenvalue weighted by Gasteiger charge is 2.48. The molecule has 6 nitrogen and oxygen atoms in total. The van der Waals surface area contributed by atoms with E-state index in [-0.39, 0.29) is 12.0 Å². The Morgan fingerprint density at radius 2 is 1.75 bits per heavy atom. The molecule has 3 rings (SSSR count). The van der Waals surface area contributed by atoms with Crippen LogP contribution in [0, 0.1) is 5.82 Å². The van der Waals surface area contributed by atoms with Gasteiger partial charge in [0.15, 0.2) is 0 Å². The fraction of sp³-hybridized carbons (Fsp3) is 0.619. The maximum atomic E-state index is 13.8. The highest BCUT2D eigenvalue weighted by Crippen LogP contribution is 2.44. The lowest BCUT2D eigenvalue weighted by Crippen LogP contribution is -2.56. The molecule has 1 aliphatic carbocycles. The van der Waals surface area contributed by atoms with Crippen molar-refractivity contribution in [2.24, 2.45) is 0 Å². The Bertz CT molecular complexity index is 734. The minimum absolute atomic E-state index is 0.211. The summed E-state index contributed by atoms with van der Waals surface area (Å²) in [6.45, 7) is 6.90. The quantitative estimate of drug-likeness (QED) is 0.859. The fourth-order valence-electron chi connectivity index (χ4n) is 3.81. The van der Waals surface area contributed by atoms with Crippen LogP contribution >= 0.6 is 0 Å². The van der Waals surface area contributed by atoms with Crippen LogP contribution in [0.15, 0.2) is 24.3 Å². The van der Waals surface area contributed by atoms with E-state index in [2.05, 4.69) is 0 Å². The van der Waals surface area contributed by atoms with Crippen LogP contribution in [-0.4, -0.2) is 64.3 Å². The minimum Gasteiger partial charge on any atom is -0.444 e. The number of halogens is 1. The number of amides is 2. The average molecular weight is 392 g/mol. The highest BCUT2D eigenvalue weighted by atomic mass is 19.1. The first kappa shape index (κ1) is 20.6. The van der Waals surface area contributed by atoms with Crippen LogP contribution in [0.4, 0.5) is 9.18 Å². The second kappa shape index (κ2) is 7.70. The molecule has 28 heavy (non-hydrogen) atoms. The summed E-state index contributed by atoms with van der Waals surface area (Å²) in [5, 5.41) is 10.9. The van der Waals surface area contributed by atoms with Crippen molar-refractivity contribution in [3.63, 3.8) is 0 Å². The molecule has 0 bridgehead atoms. The van der Waals surface area contributed by atoms with Crippen molar-refractivity contribution >= 4 is 12.0 Å². The zero-order valence-corrected chi connectivity index (χ0v) is 16.8. The Morgan fingerprint density at radius 3 is 2.25 bits per heavy atom. The Morgan fingerprint density at radius 1 is 1.14 bits per heavy atom. The molecule has 1 atom stereocenters. The summed E-state index contributed by atoms with van der Waals surface area (Å²) < 4.78 is 19.1. The lowest BCUT2D eigenvalue weighted by atomic mass is 9.68. The molecule has 1 aromatic rings. The summed E-state index contributed by atoms with van der Waals surface area (Å²) in [6, 6.07) is 5.91. The number of rotatable bonds is 3. The van der Waals surface area contributed by atoms with Crippen molar-refractivity contribution in [2.75, 3.05) is 26.2 Å². The summed E-state index contributed by atoms with van der Waals surface area (Å²) in [5.41, 5.74) is -1.20. The minimum atomic E-state index is -1.13. The lowest BCUT2D eigenvalue weighted by Gasteiger charge is -2.45. The normalized spacial score (nSPS) is 20.3. The number of benzene rings is 1. The zero-order valence-electron chi connectivity index (χ0n) is 16.8. The molecule has 2 amide bonds. The van der Waals surface area contributed by atoms with Gasteiger partial charge < -0.3 is 19.6 Å². The Labute approximate surface area is 165 Å². The summed E-state index contributed by atoms with van der Waals surface area (Å²) in [4.78, 5) is 28.7. The maximum absolute atomic E-state index is 13.8. The van der Waals surface area contributed by atoms with E-state index < -0.39 is 22.9 Å². The molecule has 2 fully saturated rings. The van der Waals surface area contributed by atoms with Gasteiger partial charge in [-0.05, 0) is 57.7 Å². The number of piperazine rings is 1. The first-order valence-corrected chi connectivity index (χ1v) is 9.84. The van der Waals surface area contributed by atoms with Gasteiger partial charge in [0, 0.05) is 26.2 Å². The van der Waals surface area contributed by atoms with Gasteiger partial charge in [0.2, 0.25) is 5.91 Å². The summed E-state index contributed by atoms with van der Waals surface area (Å²) in [5.74, 6) is -1.42. The smallest absolute Gasteiger partial charge is 0.410 e. The largest absolute Gasteiger partial charge is 0.444 e. The van der Waals surface area contributed by atoms with Gasteiger partial charge in [-0.1, -0.05) is 12.1 Å². The second-order valence-electron chi connectivity index (χ2n) is 8.74. The molecule has 0 spiro atoms. The van der Waals surface area contributed by atoms with Crippen molar-refractivity contribution in [1.29, 1.82) is 0 Å². The molecule has 1 saturated carbocycles. The molecule has 154 valence electrons. The molecule has 0 radical (unpaired) electrons. The number of ether oxygens (including phenoxy) is 1. The Hall–Kier alpha value is -2.15. The van der Waals surface area contributed by atoms with Gasteiger partial charge in [-0.25, -0.2) is 9.18 Å². The van der Waals surface area contributed by atoms with Crippen molar-refractivity contribution in [2.45, 2.75) is 57.2 Å². The van der Waals surface area contributed by atoms with Crippen molar-refractivity contribution in [1.82, 2.24) is 9.80 Å². The van der Waals surface area contributed by atoms with Crippen LogP contribution in [0.2, 0.25) is 0 Å². The van der Waals surface area contributed by atoms with Crippen LogP contribution in [0.3, 0.4) is 0 Å². The van der Waals surface area contributed by atoms with Crippen LogP contribution in [0.5, 0.6) is 0 Å². The van der Waals surface area contributed by atoms with Crippen LogP contribution in [0.1, 0.15) is 51.5 Å². The number of aliphatic hydroxyl groups is 1. The molecule has 1 aliphatic heterocycles. The topological polar surface area (TPSA) is 70.1 Å². The van der Waals surface area contributed by atoms with E-state index in [1.807, 2.05) is 20.8 Å². The van der Waals surface area contributed by atoms with E-state index in [1.54, 1.807) is 21.9 Å². The van der Waals surface area contributed by atoms with Gasteiger partial charge in [-0.15, -0.1) is 0 Å². The van der Waals surface area contributed by atoms with Crippen LogP contribution < -0.4 is 0 Å². The Balaban J connectivity index is 1.70. The van der Waals surface area contributed by atoms with Crippen molar-refractivity contribution in [3.05, 3.63) is 35.6 Å². The molecular weight excluding hydrogens is 363 g/mol. The van der Waals surface area contributed by atoms with Crippen molar-refractivity contribution in [3.8, 4) is 0 Å². The third kappa shape index (κ3) is 4.46. The van der Waals surface area contributed by atoms with Crippen LogP contribution in [0.25, 0.3) is 0 Å². The van der Waals surface area contributed by atoms with E-state index in [1.165, 1.54) is 12.1 Å². The molecule has 7 heteroatoms. The third-order valence-electron chi connectivity index (χ3n) is 5.43. The molecule has 1 aromatic carbocycles. The second-order valence-corrected chi connectivity index (χ2v) is 8.74. The van der Waals surface area contributed by atoms with Gasteiger partial charge in [0.25, 0.3) is 0 Å². The molecule has 1 unspecified atom stereocenters. The first-order chi connectivity index (χ1) is 13.1. The lowest BCUT2D eigenvalue weighted by molar-refractivity contribution is -0.146. The molecule has 0 aromatic heterocycles. The number of nitrogens with zero attached hydrogens (tertiary/aromatic N) is 2. The molecule has 2 aliphatic rings. The number of hydrogen-bond donors (Lipinski definition) is 1. The predicted octanol–water partition coefficient (Wildman–Crippen LogP) is 2.90. The molecule has 1 saturated heterocycles. The van der Waals surface area contributed by atoms with E-state index in [0.29, 0.717) is 44.6 Å². The first-order valence-electron chi connectivity index (χ1n) is 9.84. The Kier molecular flexibility index (Phi) is 5.66. The number of carbonyl (C=O) groups excluding carboxylic acids is 2. The maximum Gasteiger partial charge on any atom is 0.410 e. The number of hydrogen-bond acceptors (Lipinski definition) is 4. The molecule has 1 N–H and O–H groups in total. The highest BCUT2D eigenvalue weighted by molar-refractivity contribution is 5.85. The van der Waals surface area contributed by atoms with Crippen LogP contribution in [-0.2, 0) is 9.53 Å². The van der Waals surface area contributed by atoms with Gasteiger partial charge >= 0.3 is 6.09 Å². The summed E-state index contributed by atoms with van der Waals surface area (Å²) in [7, 11) is 0. The van der Waals surface area contributed by atoms with Gasteiger partial charge in [0.05, 0.1) is 11.5 Å². The third-order valence-corrected chi connectivity index (χ3v) is 5.43. The predicted molar refractivity (Wildman–Crippen MR) is 102 cm³/mol. The van der Waals surface area contributed by atoms with E-state index >= 15 is 0 Å². The van der Waals surface area contributed by atoms with Gasteiger partial charge in [0.1, 0.15) is 11.4 Å². The van der Waals surface area contributed by atoms with E-state index in [9.17, 15) is 19.1 Å². The monoisotopic (exact) mass is 392 g/mol. The van der Waals surface area contributed by atoms with E-state index in [4.69, 9.17) is 4.74 Å². The van der Waals surface area contributed by atoms with Crippen molar-refractivity contribution < 1.29 is 23.8 Å². The summed E-state index contributed by atoms with van der Waals surface area (Å²) >= 11 is 0. The molecule has 1 heterocycles. The average Bonchev–Trinajstić information content (AvgIpc) is 2.59. The molecular formula is C21H29FN2O4. The fourth-order valence-corrected chi connectivity index (χ4v) is 3.81.